The molecule has 1 heterocycles. The fourth-order valence-corrected chi connectivity index (χ4v) is 2.53. The number of aliphatic hydroxyl groups is 1. The van der Waals surface area contributed by atoms with Crippen molar-refractivity contribution in [2.75, 3.05) is 6.61 Å². The highest BCUT2D eigenvalue weighted by molar-refractivity contribution is 5.87. The van der Waals surface area contributed by atoms with E-state index >= 15 is 0 Å². The maximum absolute atomic E-state index is 12.0. The van der Waals surface area contributed by atoms with E-state index in [1.807, 2.05) is 25.1 Å². The minimum Gasteiger partial charge on any atom is -0.395 e. The number of aromatic amines is 1. The molecular weight excluding hydrogens is 240 g/mol. The van der Waals surface area contributed by atoms with E-state index in [1.165, 1.54) is 0 Å². The van der Waals surface area contributed by atoms with Gasteiger partial charge in [0.25, 0.3) is 0 Å². The molecule has 4 nitrogen and oxygen atoms in total. The molecule has 1 aliphatic rings. The smallest absolute Gasteiger partial charge is 0.228 e. The summed E-state index contributed by atoms with van der Waals surface area (Å²) in [4.78, 5) is 15.3. The fraction of sp³-hybridized carbons (Fsp3) is 0.400. The zero-order chi connectivity index (χ0) is 13.5. The number of hydrogen-bond acceptors (Lipinski definition) is 2. The van der Waals surface area contributed by atoms with Crippen LogP contribution in [0.4, 0.5) is 0 Å². The minimum absolute atomic E-state index is 0.0281. The Morgan fingerprint density at radius 2 is 2.16 bits per heavy atom. The minimum atomic E-state index is -0.500. The molecule has 0 unspecified atom stereocenters. The number of aromatic nitrogens is 1. The van der Waals surface area contributed by atoms with E-state index in [2.05, 4.69) is 16.4 Å². The van der Waals surface area contributed by atoms with E-state index in [4.69, 9.17) is 0 Å². The van der Waals surface area contributed by atoms with E-state index in [9.17, 15) is 9.90 Å². The average Bonchev–Trinajstić information content (AvgIpc) is 3.15. The van der Waals surface area contributed by atoms with Gasteiger partial charge in [-0.15, -0.1) is 0 Å². The average molecular weight is 258 g/mol. The molecule has 100 valence electrons. The monoisotopic (exact) mass is 258 g/mol. The van der Waals surface area contributed by atoms with Crippen LogP contribution in [-0.4, -0.2) is 22.6 Å². The number of para-hydroxylation sites is 1. The summed E-state index contributed by atoms with van der Waals surface area (Å²) in [7, 11) is 0. The van der Waals surface area contributed by atoms with Crippen molar-refractivity contribution in [3.63, 3.8) is 0 Å². The Morgan fingerprint density at radius 1 is 1.42 bits per heavy atom. The third kappa shape index (κ3) is 2.02. The van der Waals surface area contributed by atoms with E-state index in [0.29, 0.717) is 6.54 Å². The van der Waals surface area contributed by atoms with Gasteiger partial charge < -0.3 is 15.4 Å². The molecule has 0 spiro atoms. The summed E-state index contributed by atoms with van der Waals surface area (Å²) in [5, 5.41) is 13.3. The Morgan fingerprint density at radius 3 is 2.84 bits per heavy atom. The van der Waals surface area contributed by atoms with Crippen molar-refractivity contribution in [1.29, 1.82) is 0 Å². The zero-order valence-electron chi connectivity index (χ0n) is 11.0. The van der Waals surface area contributed by atoms with Crippen LogP contribution < -0.4 is 5.32 Å². The highest BCUT2D eigenvalue weighted by Gasteiger charge is 2.49. The Hall–Kier alpha value is -1.81. The number of hydrogen-bond donors (Lipinski definition) is 3. The van der Waals surface area contributed by atoms with Gasteiger partial charge in [-0.05, 0) is 31.4 Å². The number of fused-ring (bicyclic) bond motifs is 1. The van der Waals surface area contributed by atoms with Gasteiger partial charge in [-0.1, -0.05) is 18.2 Å². The summed E-state index contributed by atoms with van der Waals surface area (Å²) >= 11 is 0. The number of H-pyrrole nitrogens is 1. The molecule has 1 aromatic carbocycles. The second-order valence-corrected chi connectivity index (χ2v) is 5.40. The van der Waals surface area contributed by atoms with Crippen molar-refractivity contribution < 1.29 is 9.90 Å². The Kier molecular flexibility index (Phi) is 2.82. The molecule has 1 aromatic heterocycles. The van der Waals surface area contributed by atoms with Crippen LogP contribution in [-0.2, 0) is 11.3 Å². The second-order valence-electron chi connectivity index (χ2n) is 5.40. The van der Waals surface area contributed by atoms with Crippen molar-refractivity contribution in [3.05, 3.63) is 35.5 Å². The number of carbonyl (C=O) groups excluding carboxylic acids is 1. The van der Waals surface area contributed by atoms with Gasteiger partial charge in [0, 0.05) is 23.1 Å². The Balaban J connectivity index is 1.79. The molecule has 4 heteroatoms. The van der Waals surface area contributed by atoms with Crippen LogP contribution in [0.25, 0.3) is 10.9 Å². The Bertz CT molecular complexity index is 626. The van der Waals surface area contributed by atoms with E-state index in [1.54, 1.807) is 0 Å². The molecule has 0 bridgehead atoms. The molecule has 3 rings (SSSR count). The normalized spacial score (nSPS) is 16.5. The van der Waals surface area contributed by atoms with Gasteiger partial charge in [0.1, 0.15) is 0 Å². The van der Waals surface area contributed by atoms with Crippen LogP contribution in [0.3, 0.4) is 0 Å². The summed E-state index contributed by atoms with van der Waals surface area (Å²) in [5.41, 5.74) is 2.79. The lowest BCUT2D eigenvalue weighted by molar-refractivity contribution is -0.127. The first-order valence-electron chi connectivity index (χ1n) is 6.62. The first-order valence-corrected chi connectivity index (χ1v) is 6.62. The highest BCUT2D eigenvalue weighted by atomic mass is 16.3. The SMILES string of the molecule is Cc1[nH]c2ccccc2c1CNC(=O)C1(CO)CC1. The Labute approximate surface area is 111 Å². The first-order chi connectivity index (χ1) is 9.16. The van der Waals surface area contributed by atoms with Gasteiger partial charge >= 0.3 is 0 Å². The van der Waals surface area contributed by atoms with Gasteiger partial charge in [-0.2, -0.15) is 0 Å². The number of benzene rings is 1. The van der Waals surface area contributed by atoms with Gasteiger partial charge in [-0.3, -0.25) is 4.79 Å². The summed E-state index contributed by atoms with van der Waals surface area (Å²) in [5.74, 6) is -0.0281. The third-order valence-corrected chi connectivity index (χ3v) is 4.09. The van der Waals surface area contributed by atoms with Crippen molar-refractivity contribution in [3.8, 4) is 0 Å². The largest absolute Gasteiger partial charge is 0.395 e. The van der Waals surface area contributed by atoms with Gasteiger partial charge in [0.2, 0.25) is 5.91 Å². The molecule has 1 fully saturated rings. The molecule has 0 atom stereocenters. The van der Waals surface area contributed by atoms with Gasteiger partial charge in [-0.25, -0.2) is 0 Å². The van der Waals surface area contributed by atoms with E-state index in [-0.39, 0.29) is 12.5 Å². The van der Waals surface area contributed by atoms with Gasteiger partial charge in [0.15, 0.2) is 0 Å². The van der Waals surface area contributed by atoms with Crippen LogP contribution in [0.15, 0.2) is 24.3 Å². The number of rotatable bonds is 4. The summed E-state index contributed by atoms with van der Waals surface area (Å²) in [6.45, 7) is 2.47. The van der Waals surface area contributed by atoms with Crippen LogP contribution in [0, 0.1) is 12.3 Å². The van der Waals surface area contributed by atoms with E-state index < -0.39 is 5.41 Å². The van der Waals surface area contributed by atoms with Crippen molar-refractivity contribution >= 4 is 16.8 Å². The lowest BCUT2D eigenvalue weighted by atomic mass is 10.1. The van der Waals surface area contributed by atoms with Crippen molar-refractivity contribution in [1.82, 2.24) is 10.3 Å². The number of carbonyl (C=O) groups is 1. The van der Waals surface area contributed by atoms with Crippen LogP contribution in [0.1, 0.15) is 24.1 Å². The zero-order valence-corrected chi connectivity index (χ0v) is 11.0. The standard InChI is InChI=1S/C15H18N2O2/c1-10-12(11-4-2-3-5-13(11)17-10)8-16-14(19)15(9-18)6-7-15/h2-5,17-18H,6-9H2,1H3,(H,16,19). The second kappa shape index (κ2) is 4.38. The lowest BCUT2D eigenvalue weighted by Gasteiger charge is -2.12. The summed E-state index contributed by atoms with van der Waals surface area (Å²) < 4.78 is 0. The predicted octanol–water partition coefficient (Wildman–Crippen LogP) is 1.87. The predicted molar refractivity (Wildman–Crippen MR) is 73.6 cm³/mol. The maximum atomic E-state index is 12.0. The molecule has 1 amide bonds. The lowest BCUT2D eigenvalue weighted by Crippen LogP contribution is -2.33. The highest BCUT2D eigenvalue weighted by Crippen LogP contribution is 2.45. The molecule has 19 heavy (non-hydrogen) atoms. The quantitative estimate of drug-likeness (QED) is 0.783. The number of aliphatic hydroxyl groups excluding tert-OH is 1. The fourth-order valence-electron chi connectivity index (χ4n) is 2.53. The molecule has 1 aliphatic carbocycles. The molecule has 0 aliphatic heterocycles. The maximum Gasteiger partial charge on any atom is 0.228 e. The first kappa shape index (κ1) is 12.2. The van der Waals surface area contributed by atoms with Crippen LogP contribution in [0.5, 0.6) is 0 Å². The van der Waals surface area contributed by atoms with E-state index in [0.717, 1.165) is 35.0 Å². The van der Waals surface area contributed by atoms with Crippen LogP contribution in [0.2, 0.25) is 0 Å². The third-order valence-electron chi connectivity index (χ3n) is 4.09. The molecule has 0 saturated heterocycles. The summed E-state index contributed by atoms with van der Waals surface area (Å²) in [6, 6.07) is 8.08. The number of nitrogens with one attached hydrogen (secondary N) is 2. The topological polar surface area (TPSA) is 65.1 Å². The molecule has 0 radical (unpaired) electrons. The van der Waals surface area contributed by atoms with Crippen molar-refractivity contribution in [2.45, 2.75) is 26.3 Å². The number of amides is 1. The van der Waals surface area contributed by atoms with Crippen molar-refractivity contribution in [2.24, 2.45) is 5.41 Å². The van der Waals surface area contributed by atoms with Gasteiger partial charge in [0.05, 0.1) is 12.0 Å². The molecule has 1 saturated carbocycles. The molecular formula is C15H18N2O2. The molecule has 2 aromatic rings. The number of aryl methyl sites for hydroxylation is 1. The van der Waals surface area contributed by atoms with Crippen LogP contribution >= 0.6 is 0 Å². The summed E-state index contributed by atoms with van der Waals surface area (Å²) in [6.07, 6.45) is 1.59. The molecule has 3 N–H and O–H groups in total.